The molecule has 1 fully saturated rings. The standard InChI is InChI=1S/C11H22N2S/c1-2-7-14-8-6-13-11-5-3-4-10(12)9-11/h2,10-11,13H,1,3-9,12H2. The second-order valence-corrected chi connectivity index (χ2v) is 5.09. The largest absolute Gasteiger partial charge is 0.328 e. The quantitative estimate of drug-likeness (QED) is 0.523. The van der Waals surface area contributed by atoms with Gasteiger partial charge in [0.15, 0.2) is 0 Å². The van der Waals surface area contributed by atoms with Crippen molar-refractivity contribution < 1.29 is 0 Å². The molecule has 3 heteroatoms. The molecule has 82 valence electrons. The first-order valence-corrected chi connectivity index (χ1v) is 6.66. The summed E-state index contributed by atoms with van der Waals surface area (Å²) in [6.45, 7) is 4.81. The van der Waals surface area contributed by atoms with E-state index in [4.69, 9.17) is 5.73 Å². The van der Waals surface area contributed by atoms with Crippen molar-refractivity contribution in [3.63, 3.8) is 0 Å². The van der Waals surface area contributed by atoms with Gasteiger partial charge in [-0.1, -0.05) is 12.5 Å². The molecule has 0 aromatic rings. The van der Waals surface area contributed by atoms with Gasteiger partial charge < -0.3 is 11.1 Å². The predicted octanol–water partition coefficient (Wildman–Crippen LogP) is 1.77. The van der Waals surface area contributed by atoms with Crippen LogP contribution in [0, 0.1) is 0 Å². The van der Waals surface area contributed by atoms with Crippen molar-refractivity contribution in [1.29, 1.82) is 0 Å². The van der Waals surface area contributed by atoms with E-state index in [-0.39, 0.29) is 0 Å². The summed E-state index contributed by atoms with van der Waals surface area (Å²) in [6.07, 6.45) is 6.93. The lowest BCUT2D eigenvalue weighted by atomic mass is 9.92. The molecule has 0 aromatic heterocycles. The summed E-state index contributed by atoms with van der Waals surface area (Å²) in [7, 11) is 0. The van der Waals surface area contributed by atoms with Crippen LogP contribution in [0.5, 0.6) is 0 Å². The lowest BCUT2D eigenvalue weighted by Gasteiger charge is -2.27. The van der Waals surface area contributed by atoms with Crippen molar-refractivity contribution in [3.05, 3.63) is 12.7 Å². The van der Waals surface area contributed by atoms with E-state index in [0.717, 1.165) is 18.7 Å². The van der Waals surface area contributed by atoms with Gasteiger partial charge in [-0.25, -0.2) is 0 Å². The second-order valence-electron chi connectivity index (χ2n) is 3.94. The van der Waals surface area contributed by atoms with Crippen LogP contribution in [0.15, 0.2) is 12.7 Å². The van der Waals surface area contributed by atoms with Crippen molar-refractivity contribution in [2.75, 3.05) is 18.1 Å². The Morgan fingerprint density at radius 3 is 3.07 bits per heavy atom. The highest BCUT2D eigenvalue weighted by molar-refractivity contribution is 7.99. The monoisotopic (exact) mass is 214 g/mol. The molecule has 0 radical (unpaired) electrons. The fourth-order valence-electron chi connectivity index (χ4n) is 1.91. The first kappa shape index (κ1) is 12.1. The lowest BCUT2D eigenvalue weighted by molar-refractivity contribution is 0.345. The molecule has 0 bridgehead atoms. The topological polar surface area (TPSA) is 38.0 Å². The maximum Gasteiger partial charge on any atom is 0.0111 e. The van der Waals surface area contributed by atoms with Crippen LogP contribution in [-0.4, -0.2) is 30.1 Å². The third kappa shape index (κ3) is 5.03. The summed E-state index contributed by atoms with van der Waals surface area (Å²) in [6, 6.07) is 1.10. The number of hydrogen-bond acceptors (Lipinski definition) is 3. The van der Waals surface area contributed by atoms with Crippen molar-refractivity contribution in [3.8, 4) is 0 Å². The van der Waals surface area contributed by atoms with Crippen LogP contribution in [0.4, 0.5) is 0 Å². The van der Waals surface area contributed by atoms with Crippen LogP contribution < -0.4 is 11.1 Å². The molecular weight excluding hydrogens is 192 g/mol. The second kappa shape index (κ2) is 7.32. The van der Waals surface area contributed by atoms with Gasteiger partial charge in [0.1, 0.15) is 0 Å². The molecule has 2 atom stereocenters. The molecule has 0 saturated heterocycles. The van der Waals surface area contributed by atoms with E-state index >= 15 is 0 Å². The first-order valence-electron chi connectivity index (χ1n) is 5.50. The molecule has 0 spiro atoms. The van der Waals surface area contributed by atoms with E-state index in [1.807, 2.05) is 17.8 Å². The molecule has 0 heterocycles. The molecule has 0 aliphatic heterocycles. The van der Waals surface area contributed by atoms with Crippen LogP contribution >= 0.6 is 11.8 Å². The number of hydrogen-bond donors (Lipinski definition) is 2. The zero-order valence-corrected chi connectivity index (χ0v) is 9.69. The van der Waals surface area contributed by atoms with Crippen LogP contribution in [-0.2, 0) is 0 Å². The normalized spacial score (nSPS) is 27.5. The van der Waals surface area contributed by atoms with E-state index in [2.05, 4.69) is 11.9 Å². The summed E-state index contributed by atoms with van der Waals surface area (Å²) >= 11 is 1.93. The minimum Gasteiger partial charge on any atom is -0.328 e. The minimum atomic E-state index is 0.432. The summed E-state index contributed by atoms with van der Waals surface area (Å²) in [5.41, 5.74) is 5.92. The highest BCUT2D eigenvalue weighted by atomic mass is 32.2. The number of nitrogens with two attached hydrogens (primary N) is 1. The smallest absolute Gasteiger partial charge is 0.0111 e. The Kier molecular flexibility index (Phi) is 6.32. The van der Waals surface area contributed by atoms with Crippen molar-refractivity contribution in [2.24, 2.45) is 5.73 Å². The zero-order valence-electron chi connectivity index (χ0n) is 8.87. The van der Waals surface area contributed by atoms with Gasteiger partial charge in [0.05, 0.1) is 0 Å². The van der Waals surface area contributed by atoms with Crippen molar-refractivity contribution >= 4 is 11.8 Å². The highest BCUT2D eigenvalue weighted by Gasteiger charge is 2.17. The number of rotatable bonds is 6. The molecule has 0 aromatic carbocycles. The van der Waals surface area contributed by atoms with Crippen LogP contribution in [0.3, 0.4) is 0 Å². The molecule has 14 heavy (non-hydrogen) atoms. The van der Waals surface area contributed by atoms with Crippen LogP contribution in [0.1, 0.15) is 25.7 Å². The Bertz CT molecular complexity index is 161. The first-order chi connectivity index (χ1) is 6.83. The van der Waals surface area contributed by atoms with Gasteiger partial charge in [-0.15, -0.1) is 6.58 Å². The summed E-state index contributed by atoms with van der Waals surface area (Å²) in [4.78, 5) is 0. The van der Waals surface area contributed by atoms with E-state index in [9.17, 15) is 0 Å². The zero-order chi connectivity index (χ0) is 10.2. The fraction of sp³-hybridized carbons (Fsp3) is 0.818. The van der Waals surface area contributed by atoms with Gasteiger partial charge in [0.2, 0.25) is 0 Å². The highest BCUT2D eigenvalue weighted by Crippen LogP contribution is 2.16. The minimum absolute atomic E-state index is 0.432. The number of nitrogens with one attached hydrogen (secondary N) is 1. The molecule has 1 aliphatic carbocycles. The third-order valence-electron chi connectivity index (χ3n) is 2.63. The predicted molar refractivity (Wildman–Crippen MR) is 65.8 cm³/mol. The van der Waals surface area contributed by atoms with Crippen LogP contribution in [0.2, 0.25) is 0 Å². The Labute approximate surface area is 91.7 Å². The molecule has 3 N–H and O–H groups in total. The Balaban J connectivity index is 1.97. The molecule has 2 unspecified atom stereocenters. The molecule has 1 aliphatic rings. The molecule has 1 saturated carbocycles. The van der Waals surface area contributed by atoms with Gasteiger partial charge >= 0.3 is 0 Å². The summed E-state index contributed by atoms with van der Waals surface area (Å²) in [5, 5.41) is 3.58. The van der Waals surface area contributed by atoms with Gasteiger partial charge in [-0.2, -0.15) is 11.8 Å². The van der Waals surface area contributed by atoms with Gasteiger partial charge in [0, 0.05) is 30.1 Å². The molecule has 1 rings (SSSR count). The molecule has 0 amide bonds. The van der Waals surface area contributed by atoms with E-state index in [0.29, 0.717) is 12.1 Å². The Hall–Kier alpha value is 0.01000. The number of thioether (sulfide) groups is 1. The maximum absolute atomic E-state index is 5.92. The van der Waals surface area contributed by atoms with E-state index in [1.54, 1.807) is 0 Å². The van der Waals surface area contributed by atoms with E-state index < -0.39 is 0 Å². The summed E-state index contributed by atoms with van der Waals surface area (Å²) in [5.74, 6) is 2.24. The van der Waals surface area contributed by atoms with Gasteiger partial charge in [-0.05, 0) is 19.3 Å². The van der Waals surface area contributed by atoms with E-state index in [1.165, 1.54) is 25.0 Å². The van der Waals surface area contributed by atoms with Crippen LogP contribution in [0.25, 0.3) is 0 Å². The summed E-state index contributed by atoms with van der Waals surface area (Å²) < 4.78 is 0. The maximum atomic E-state index is 5.92. The molecule has 2 nitrogen and oxygen atoms in total. The van der Waals surface area contributed by atoms with Crippen molar-refractivity contribution in [2.45, 2.75) is 37.8 Å². The van der Waals surface area contributed by atoms with Gasteiger partial charge in [-0.3, -0.25) is 0 Å². The Morgan fingerprint density at radius 1 is 1.50 bits per heavy atom. The SMILES string of the molecule is C=CCSCCNC1CCCC(N)C1. The van der Waals surface area contributed by atoms with Gasteiger partial charge in [0.25, 0.3) is 0 Å². The lowest BCUT2D eigenvalue weighted by Crippen LogP contribution is -2.40. The fourth-order valence-corrected chi connectivity index (χ4v) is 2.51. The average Bonchev–Trinajstić information content (AvgIpc) is 2.18. The van der Waals surface area contributed by atoms with Crippen molar-refractivity contribution in [1.82, 2.24) is 5.32 Å². The molecular formula is C11H22N2S. The Morgan fingerprint density at radius 2 is 2.36 bits per heavy atom. The third-order valence-corrected chi connectivity index (χ3v) is 3.59. The average molecular weight is 214 g/mol.